The maximum atomic E-state index is 13.2. The average Bonchev–Trinajstić information content (AvgIpc) is 3.39. The summed E-state index contributed by atoms with van der Waals surface area (Å²) in [6.45, 7) is 1.07. The van der Waals surface area contributed by atoms with Crippen molar-refractivity contribution in [2.75, 3.05) is 43.0 Å². The molecule has 2 fully saturated rings. The Morgan fingerprint density at radius 1 is 1.05 bits per heavy atom. The molecule has 1 N–H and O–H groups in total. The number of nitro benzene ring substituents is 1. The zero-order chi connectivity index (χ0) is 28.4. The molecule has 214 valence electrons. The van der Waals surface area contributed by atoms with Gasteiger partial charge in [0.1, 0.15) is 12.2 Å². The number of nitro groups is 1. The van der Waals surface area contributed by atoms with Crippen LogP contribution in [0.3, 0.4) is 0 Å². The number of carbonyl (C=O) groups is 1. The third-order valence-corrected chi connectivity index (χ3v) is 7.57. The number of piperazine rings is 1. The summed E-state index contributed by atoms with van der Waals surface area (Å²) in [6.07, 6.45) is -7.36. The molecule has 10 nitrogen and oxygen atoms in total. The third kappa shape index (κ3) is 7.26. The number of alkyl halides is 6. The van der Waals surface area contributed by atoms with Gasteiger partial charge in [-0.15, -0.1) is 10.2 Å². The molecule has 4 rings (SSSR count). The molecule has 2 aliphatic rings. The molecular weight excluding hydrogens is 558 g/mol. The Kier molecular flexibility index (Phi) is 8.48. The molecule has 17 heteroatoms. The molecule has 1 amide bonds. The smallest absolute Gasteiger partial charge is 0.382 e. The fraction of sp³-hybridized carbons (Fsp3) is 0.591. The van der Waals surface area contributed by atoms with Gasteiger partial charge in [-0.3, -0.25) is 14.9 Å². The molecule has 0 atom stereocenters. The Labute approximate surface area is 222 Å². The van der Waals surface area contributed by atoms with E-state index in [-0.39, 0.29) is 35.5 Å². The van der Waals surface area contributed by atoms with E-state index < -0.39 is 33.5 Å². The second-order valence-electron chi connectivity index (χ2n) is 9.17. The lowest BCUT2D eigenvalue weighted by atomic mass is 9.92. The predicted molar refractivity (Wildman–Crippen MR) is 127 cm³/mol. The van der Waals surface area contributed by atoms with Crippen molar-refractivity contribution in [1.29, 1.82) is 0 Å². The Morgan fingerprint density at radius 2 is 1.72 bits per heavy atom. The number of hydrogen-bond donors (Lipinski definition) is 1. The van der Waals surface area contributed by atoms with E-state index in [2.05, 4.69) is 15.5 Å². The highest BCUT2D eigenvalue weighted by molar-refractivity contribution is 7.15. The normalized spacial score (nSPS) is 20.7. The molecule has 1 saturated heterocycles. The van der Waals surface area contributed by atoms with E-state index in [1.807, 2.05) is 0 Å². The van der Waals surface area contributed by atoms with Crippen LogP contribution in [-0.4, -0.2) is 70.9 Å². The van der Waals surface area contributed by atoms with E-state index in [9.17, 15) is 41.3 Å². The van der Waals surface area contributed by atoms with Crippen LogP contribution < -0.4 is 10.2 Å². The Hall–Kier alpha value is -3.21. The maximum Gasteiger partial charge on any atom is 0.445 e. The van der Waals surface area contributed by atoms with Gasteiger partial charge in [0, 0.05) is 44.0 Å². The molecule has 1 saturated carbocycles. The van der Waals surface area contributed by atoms with E-state index >= 15 is 0 Å². The van der Waals surface area contributed by atoms with Crippen LogP contribution in [-0.2, 0) is 21.9 Å². The number of benzene rings is 1. The Bertz CT molecular complexity index is 1180. The quantitative estimate of drug-likeness (QED) is 0.287. The first kappa shape index (κ1) is 28.8. The van der Waals surface area contributed by atoms with Crippen molar-refractivity contribution < 1.29 is 40.8 Å². The SMILES string of the molecule is O=C(COC1CCC(Nc2ccc([N+](=O)[O-])c(C(F)(F)F)c2)CC1)N1CCN(c2nnc(C(F)(F)F)s2)CC1. The van der Waals surface area contributed by atoms with E-state index in [4.69, 9.17) is 4.74 Å². The van der Waals surface area contributed by atoms with E-state index in [0.29, 0.717) is 63.2 Å². The van der Waals surface area contributed by atoms with Crippen LogP contribution >= 0.6 is 11.3 Å². The molecule has 1 aliphatic carbocycles. The monoisotopic (exact) mass is 582 g/mol. The molecule has 2 aromatic rings. The second kappa shape index (κ2) is 11.5. The van der Waals surface area contributed by atoms with Crippen molar-refractivity contribution in [3.8, 4) is 0 Å². The number of aromatic nitrogens is 2. The predicted octanol–water partition coefficient (Wildman–Crippen LogP) is 4.57. The van der Waals surface area contributed by atoms with E-state index in [1.54, 1.807) is 9.80 Å². The van der Waals surface area contributed by atoms with Crippen LogP contribution in [0.4, 0.5) is 42.8 Å². The van der Waals surface area contributed by atoms with Crippen molar-refractivity contribution in [2.45, 2.75) is 50.2 Å². The van der Waals surface area contributed by atoms with Crippen LogP contribution in [0.25, 0.3) is 0 Å². The van der Waals surface area contributed by atoms with Gasteiger partial charge in [-0.1, -0.05) is 11.3 Å². The van der Waals surface area contributed by atoms with Gasteiger partial charge >= 0.3 is 12.4 Å². The highest BCUT2D eigenvalue weighted by atomic mass is 32.1. The molecule has 1 aliphatic heterocycles. The summed E-state index contributed by atoms with van der Waals surface area (Å²) in [5.74, 6) is -0.242. The van der Waals surface area contributed by atoms with Crippen LogP contribution in [0.1, 0.15) is 36.3 Å². The third-order valence-electron chi connectivity index (χ3n) is 6.55. The van der Waals surface area contributed by atoms with Crippen LogP contribution in [0.15, 0.2) is 18.2 Å². The number of hydrogen-bond acceptors (Lipinski definition) is 9. The first-order valence-electron chi connectivity index (χ1n) is 12.0. The van der Waals surface area contributed by atoms with Gasteiger partial charge in [-0.2, -0.15) is 26.3 Å². The van der Waals surface area contributed by atoms with E-state index in [1.165, 1.54) is 6.07 Å². The van der Waals surface area contributed by atoms with Gasteiger partial charge in [0.15, 0.2) is 0 Å². The van der Waals surface area contributed by atoms with E-state index in [0.717, 1.165) is 12.1 Å². The van der Waals surface area contributed by atoms with Crippen LogP contribution in [0, 0.1) is 10.1 Å². The molecule has 39 heavy (non-hydrogen) atoms. The minimum atomic E-state index is -4.86. The van der Waals surface area contributed by atoms with Gasteiger partial charge in [-0.05, 0) is 37.8 Å². The van der Waals surface area contributed by atoms with Crippen molar-refractivity contribution in [2.24, 2.45) is 0 Å². The second-order valence-corrected chi connectivity index (χ2v) is 10.1. The highest BCUT2D eigenvalue weighted by Gasteiger charge is 2.39. The number of ether oxygens (including phenoxy) is 1. The summed E-state index contributed by atoms with van der Waals surface area (Å²) >= 11 is 0.457. The largest absolute Gasteiger partial charge is 0.445 e. The van der Waals surface area contributed by atoms with Crippen LogP contribution in [0.5, 0.6) is 0 Å². The van der Waals surface area contributed by atoms with Crippen molar-refractivity contribution in [1.82, 2.24) is 15.1 Å². The van der Waals surface area contributed by atoms with Gasteiger partial charge in [0.25, 0.3) is 5.69 Å². The lowest BCUT2D eigenvalue weighted by Crippen LogP contribution is -2.50. The van der Waals surface area contributed by atoms with Gasteiger partial charge in [-0.25, -0.2) is 0 Å². The number of carbonyl (C=O) groups excluding carboxylic acids is 1. The number of halogens is 6. The molecule has 0 radical (unpaired) electrons. The molecule has 1 aromatic carbocycles. The fourth-order valence-electron chi connectivity index (χ4n) is 4.51. The van der Waals surface area contributed by atoms with Crippen molar-refractivity contribution in [3.05, 3.63) is 38.9 Å². The fourth-order valence-corrected chi connectivity index (χ4v) is 5.27. The number of rotatable bonds is 7. The lowest BCUT2D eigenvalue weighted by molar-refractivity contribution is -0.388. The minimum Gasteiger partial charge on any atom is -0.382 e. The maximum absolute atomic E-state index is 13.2. The highest BCUT2D eigenvalue weighted by Crippen LogP contribution is 2.38. The summed E-state index contributed by atoms with van der Waals surface area (Å²) in [4.78, 5) is 25.6. The zero-order valence-corrected chi connectivity index (χ0v) is 21.1. The van der Waals surface area contributed by atoms with Gasteiger partial charge < -0.3 is 19.9 Å². The van der Waals surface area contributed by atoms with Crippen LogP contribution in [0.2, 0.25) is 0 Å². The first-order chi connectivity index (χ1) is 18.3. The topological polar surface area (TPSA) is 114 Å². The zero-order valence-electron chi connectivity index (χ0n) is 20.3. The summed E-state index contributed by atoms with van der Waals surface area (Å²) in [5.41, 5.74) is -2.19. The summed E-state index contributed by atoms with van der Waals surface area (Å²) < 4.78 is 83.6. The molecule has 0 spiro atoms. The number of nitrogens with one attached hydrogen (secondary N) is 1. The minimum absolute atomic E-state index is 0.134. The van der Waals surface area contributed by atoms with Crippen molar-refractivity contribution >= 4 is 33.8 Å². The van der Waals surface area contributed by atoms with Crippen molar-refractivity contribution in [3.63, 3.8) is 0 Å². The number of anilines is 2. The first-order valence-corrected chi connectivity index (χ1v) is 12.8. The summed E-state index contributed by atoms with van der Waals surface area (Å²) in [6, 6.07) is 2.65. The summed E-state index contributed by atoms with van der Waals surface area (Å²) in [7, 11) is 0. The molecule has 1 aromatic heterocycles. The average molecular weight is 583 g/mol. The Morgan fingerprint density at radius 3 is 2.28 bits per heavy atom. The summed E-state index contributed by atoms with van der Waals surface area (Å²) in [5, 5.41) is 19.8. The molecular formula is C22H24F6N6O4S. The van der Waals surface area contributed by atoms with Gasteiger partial charge in [0.05, 0.1) is 11.0 Å². The molecule has 0 bridgehead atoms. The Balaban J connectivity index is 1.19. The lowest BCUT2D eigenvalue weighted by Gasteiger charge is -2.35. The van der Waals surface area contributed by atoms with Gasteiger partial charge in [0.2, 0.25) is 16.0 Å². The number of amides is 1. The molecule has 0 unspecified atom stereocenters. The standard InChI is InChI=1S/C22H24F6N6O4S/c23-21(24,25)16-11-14(3-6-17(16)34(36)37)29-13-1-4-15(5-2-13)38-12-18(35)32-7-9-33(10-8-32)20-31-30-19(39-20)22(26,27)28/h3,6,11,13,15,29H,1-2,4-5,7-10,12H2. The molecule has 2 heterocycles. The number of nitrogens with zero attached hydrogens (tertiary/aromatic N) is 5.